The summed E-state index contributed by atoms with van der Waals surface area (Å²) < 4.78 is 25.1. The first-order chi connectivity index (χ1) is 9.05. The van der Waals surface area contributed by atoms with E-state index in [0.717, 1.165) is 11.1 Å². The topological polar surface area (TPSA) is 60.2 Å². The van der Waals surface area contributed by atoms with Gasteiger partial charge in [-0.25, -0.2) is 8.42 Å². The van der Waals surface area contributed by atoms with Crippen molar-refractivity contribution in [3.8, 4) is 0 Å². The molecule has 0 fully saturated rings. The van der Waals surface area contributed by atoms with Crippen LogP contribution in [0.2, 0.25) is 0 Å². The van der Waals surface area contributed by atoms with Crippen LogP contribution in [0.4, 0.5) is 0 Å². The fraction of sp³-hybridized carbons (Fsp3) is 0.200. The average Bonchev–Trinajstić information content (AvgIpc) is 2.42. The molecule has 0 aliphatic rings. The molecule has 0 saturated carbocycles. The van der Waals surface area contributed by atoms with Gasteiger partial charge in [-0.15, -0.1) is 0 Å². The lowest BCUT2D eigenvalue weighted by Gasteiger charge is -2.16. The number of hydrogen-bond donors (Lipinski definition) is 1. The van der Waals surface area contributed by atoms with Crippen molar-refractivity contribution in [3.63, 3.8) is 0 Å². The van der Waals surface area contributed by atoms with Gasteiger partial charge in [0.25, 0.3) is 0 Å². The highest BCUT2D eigenvalue weighted by Gasteiger charge is 2.27. The molecule has 19 heavy (non-hydrogen) atoms. The fourth-order valence-corrected chi connectivity index (χ4v) is 3.63. The standard InChI is InChI=1S/C15H17NO2S/c1-12-7-9-13(10-8-12)15(11-16)19(17,18)14-5-3-2-4-6-14/h2-10,15H,11,16H2,1H3/t15-/m0/s1. The third-order valence-corrected chi connectivity index (χ3v) is 5.25. The fourth-order valence-electron chi connectivity index (χ4n) is 2.00. The van der Waals surface area contributed by atoms with Gasteiger partial charge in [0, 0.05) is 6.54 Å². The summed E-state index contributed by atoms with van der Waals surface area (Å²) in [7, 11) is -3.44. The molecular formula is C15H17NO2S. The predicted octanol–water partition coefficient (Wildman–Crippen LogP) is 2.47. The van der Waals surface area contributed by atoms with E-state index in [1.807, 2.05) is 31.2 Å². The number of benzene rings is 2. The molecule has 2 aromatic carbocycles. The highest BCUT2D eigenvalue weighted by molar-refractivity contribution is 7.91. The van der Waals surface area contributed by atoms with Gasteiger partial charge in [0.15, 0.2) is 9.84 Å². The Morgan fingerprint density at radius 1 is 1.00 bits per heavy atom. The lowest BCUT2D eigenvalue weighted by Crippen LogP contribution is -2.22. The lowest BCUT2D eigenvalue weighted by atomic mass is 10.1. The molecule has 3 nitrogen and oxygen atoms in total. The molecule has 0 aliphatic heterocycles. The quantitative estimate of drug-likeness (QED) is 0.932. The van der Waals surface area contributed by atoms with E-state index in [-0.39, 0.29) is 6.54 Å². The molecule has 2 aromatic rings. The van der Waals surface area contributed by atoms with Gasteiger partial charge < -0.3 is 5.73 Å². The molecule has 0 bridgehead atoms. The second-order valence-electron chi connectivity index (χ2n) is 4.49. The van der Waals surface area contributed by atoms with Gasteiger partial charge in [-0.3, -0.25) is 0 Å². The summed E-state index contributed by atoms with van der Waals surface area (Å²) >= 11 is 0. The molecule has 2 rings (SSSR count). The molecule has 4 heteroatoms. The molecule has 0 saturated heterocycles. The van der Waals surface area contributed by atoms with Crippen LogP contribution in [0.1, 0.15) is 16.4 Å². The maximum Gasteiger partial charge on any atom is 0.186 e. The van der Waals surface area contributed by atoms with Crippen molar-refractivity contribution in [2.24, 2.45) is 5.73 Å². The summed E-state index contributed by atoms with van der Waals surface area (Å²) in [6.45, 7) is 2.03. The summed E-state index contributed by atoms with van der Waals surface area (Å²) in [6, 6.07) is 15.9. The van der Waals surface area contributed by atoms with Crippen LogP contribution < -0.4 is 5.73 Å². The summed E-state index contributed by atoms with van der Waals surface area (Å²) in [5.74, 6) is 0. The maximum atomic E-state index is 12.6. The van der Waals surface area contributed by atoms with Gasteiger partial charge in [-0.2, -0.15) is 0 Å². The van der Waals surface area contributed by atoms with Crippen LogP contribution >= 0.6 is 0 Å². The van der Waals surface area contributed by atoms with Crippen LogP contribution in [0.15, 0.2) is 59.5 Å². The third kappa shape index (κ3) is 2.85. The van der Waals surface area contributed by atoms with E-state index in [1.54, 1.807) is 30.3 Å². The Hall–Kier alpha value is -1.65. The van der Waals surface area contributed by atoms with Crippen molar-refractivity contribution in [2.45, 2.75) is 17.1 Å². The minimum Gasteiger partial charge on any atom is -0.329 e. The SMILES string of the molecule is Cc1ccc([C@H](CN)S(=O)(=O)c2ccccc2)cc1. The Balaban J connectivity index is 2.45. The van der Waals surface area contributed by atoms with Crippen molar-refractivity contribution < 1.29 is 8.42 Å². The molecule has 0 aliphatic carbocycles. The van der Waals surface area contributed by atoms with Crippen LogP contribution in [0.3, 0.4) is 0 Å². The molecule has 2 N–H and O–H groups in total. The Morgan fingerprint density at radius 2 is 1.58 bits per heavy atom. The zero-order valence-corrected chi connectivity index (χ0v) is 11.6. The minimum atomic E-state index is -3.44. The van der Waals surface area contributed by atoms with Crippen molar-refractivity contribution in [1.29, 1.82) is 0 Å². The molecular weight excluding hydrogens is 258 g/mol. The van der Waals surface area contributed by atoms with E-state index < -0.39 is 15.1 Å². The van der Waals surface area contributed by atoms with Gasteiger partial charge in [0.05, 0.1) is 4.90 Å². The van der Waals surface area contributed by atoms with Crippen molar-refractivity contribution in [2.75, 3.05) is 6.54 Å². The van der Waals surface area contributed by atoms with Crippen LogP contribution in [0.5, 0.6) is 0 Å². The third-order valence-electron chi connectivity index (χ3n) is 3.11. The largest absolute Gasteiger partial charge is 0.329 e. The monoisotopic (exact) mass is 275 g/mol. The predicted molar refractivity (Wildman–Crippen MR) is 76.6 cm³/mol. The molecule has 0 radical (unpaired) electrons. The van der Waals surface area contributed by atoms with E-state index in [4.69, 9.17) is 5.73 Å². The number of sulfone groups is 1. The van der Waals surface area contributed by atoms with Crippen LogP contribution in [0, 0.1) is 6.92 Å². The molecule has 0 spiro atoms. The molecule has 0 amide bonds. The van der Waals surface area contributed by atoms with E-state index in [1.165, 1.54) is 0 Å². The van der Waals surface area contributed by atoms with E-state index in [0.29, 0.717) is 4.90 Å². The first kappa shape index (κ1) is 13.8. The van der Waals surface area contributed by atoms with Gasteiger partial charge >= 0.3 is 0 Å². The first-order valence-electron chi connectivity index (χ1n) is 6.11. The average molecular weight is 275 g/mol. The second kappa shape index (κ2) is 5.55. The van der Waals surface area contributed by atoms with Gasteiger partial charge in [-0.05, 0) is 24.6 Å². The normalized spacial score (nSPS) is 13.2. The van der Waals surface area contributed by atoms with Crippen molar-refractivity contribution in [3.05, 3.63) is 65.7 Å². The lowest BCUT2D eigenvalue weighted by molar-refractivity contribution is 0.582. The zero-order chi connectivity index (χ0) is 13.9. The van der Waals surface area contributed by atoms with E-state index in [2.05, 4.69) is 0 Å². The Kier molecular flexibility index (Phi) is 4.02. The number of aryl methyl sites for hydroxylation is 1. The summed E-state index contributed by atoms with van der Waals surface area (Å²) in [4.78, 5) is 0.311. The molecule has 100 valence electrons. The Labute approximate surface area is 114 Å². The summed E-state index contributed by atoms with van der Waals surface area (Å²) in [5, 5.41) is -0.699. The highest BCUT2D eigenvalue weighted by atomic mass is 32.2. The highest BCUT2D eigenvalue weighted by Crippen LogP contribution is 2.28. The van der Waals surface area contributed by atoms with E-state index >= 15 is 0 Å². The summed E-state index contributed by atoms with van der Waals surface area (Å²) in [6.07, 6.45) is 0. The van der Waals surface area contributed by atoms with Crippen LogP contribution in [-0.4, -0.2) is 15.0 Å². The van der Waals surface area contributed by atoms with Gasteiger partial charge in [-0.1, -0.05) is 48.0 Å². The first-order valence-corrected chi connectivity index (χ1v) is 7.66. The molecule has 0 aromatic heterocycles. The maximum absolute atomic E-state index is 12.6. The smallest absolute Gasteiger partial charge is 0.186 e. The Bertz CT molecular complexity index is 634. The van der Waals surface area contributed by atoms with Crippen LogP contribution in [-0.2, 0) is 9.84 Å². The second-order valence-corrected chi connectivity index (χ2v) is 6.62. The number of nitrogens with two attached hydrogens (primary N) is 1. The zero-order valence-electron chi connectivity index (χ0n) is 10.8. The van der Waals surface area contributed by atoms with Crippen molar-refractivity contribution in [1.82, 2.24) is 0 Å². The molecule has 0 heterocycles. The molecule has 0 unspecified atom stereocenters. The minimum absolute atomic E-state index is 0.0697. The van der Waals surface area contributed by atoms with Crippen LogP contribution in [0.25, 0.3) is 0 Å². The van der Waals surface area contributed by atoms with Crippen molar-refractivity contribution >= 4 is 9.84 Å². The number of rotatable bonds is 4. The Morgan fingerprint density at radius 3 is 2.11 bits per heavy atom. The van der Waals surface area contributed by atoms with Gasteiger partial charge in [0.2, 0.25) is 0 Å². The van der Waals surface area contributed by atoms with Gasteiger partial charge in [0.1, 0.15) is 5.25 Å². The number of hydrogen-bond acceptors (Lipinski definition) is 3. The molecule has 1 atom stereocenters. The summed E-state index contributed by atoms with van der Waals surface area (Å²) in [5.41, 5.74) is 7.51. The van der Waals surface area contributed by atoms with E-state index in [9.17, 15) is 8.42 Å².